The van der Waals surface area contributed by atoms with Gasteiger partial charge in [-0.2, -0.15) is 0 Å². The fraction of sp³-hybridized carbons (Fsp3) is 0.533. The molecule has 0 spiro atoms. The van der Waals surface area contributed by atoms with Crippen molar-refractivity contribution in [3.8, 4) is 5.75 Å². The Labute approximate surface area is 127 Å². The lowest BCUT2D eigenvalue weighted by molar-refractivity contribution is 0.0871. The third kappa shape index (κ3) is 3.96. The summed E-state index contributed by atoms with van der Waals surface area (Å²) in [6.45, 7) is 0.606. The van der Waals surface area contributed by atoms with E-state index >= 15 is 0 Å². The van der Waals surface area contributed by atoms with E-state index in [-0.39, 0.29) is 12.0 Å². The van der Waals surface area contributed by atoms with E-state index in [0.29, 0.717) is 23.8 Å². The molecule has 1 fully saturated rings. The number of carbonyl (C=O) groups excluding carboxylic acids is 1. The Morgan fingerprint density at radius 3 is 3.00 bits per heavy atom. The van der Waals surface area contributed by atoms with Gasteiger partial charge in [0.1, 0.15) is 5.75 Å². The molecule has 5 heteroatoms. The molecule has 0 radical (unpaired) electrons. The molecule has 1 aliphatic carbocycles. The van der Waals surface area contributed by atoms with Crippen LogP contribution in [0.25, 0.3) is 0 Å². The zero-order valence-corrected chi connectivity index (χ0v) is 13.1. The molecule has 0 aliphatic heterocycles. The van der Waals surface area contributed by atoms with Crippen molar-refractivity contribution in [2.24, 2.45) is 5.92 Å². The van der Waals surface area contributed by atoms with Crippen molar-refractivity contribution in [3.05, 3.63) is 28.2 Å². The lowest BCUT2D eigenvalue weighted by Crippen LogP contribution is -2.33. The summed E-state index contributed by atoms with van der Waals surface area (Å²) in [6, 6.07) is 5.34. The molecule has 1 aromatic rings. The largest absolute Gasteiger partial charge is 0.496 e. The summed E-state index contributed by atoms with van der Waals surface area (Å²) in [5.74, 6) is 0.791. The molecular formula is C15H20BrNO3. The fourth-order valence-electron chi connectivity index (χ4n) is 2.63. The Balaban J connectivity index is 1.94. The predicted molar refractivity (Wildman–Crippen MR) is 81.0 cm³/mol. The number of carbonyl (C=O) groups is 1. The van der Waals surface area contributed by atoms with E-state index in [9.17, 15) is 9.90 Å². The van der Waals surface area contributed by atoms with Crippen molar-refractivity contribution in [3.63, 3.8) is 0 Å². The summed E-state index contributed by atoms with van der Waals surface area (Å²) in [5.41, 5.74) is 0.534. The number of hydrogen-bond acceptors (Lipinski definition) is 3. The standard InChI is InChI=1S/C15H20BrNO3/c1-20-14-8-11(16)5-6-13(14)15(19)17-9-10-3-2-4-12(18)7-10/h5-6,8,10,12,18H,2-4,7,9H2,1H3,(H,17,19). The van der Waals surface area contributed by atoms with Gasteiger partial charge in [0.15, 0.2) is 0 Å². The van der Waals surface area contributed by atoms with Crippen molar-refractivity contribution >= 4 is 21.8 Å². The van der Waals surface area contributed by atoms with Gasteiger partial charge in [-0.1, -0.05) is 22.4 Å². The van der Waals surface area contributed by atoms with Gasteiger partial charge in [0, 0.05) is 11.0 Å². The van der Waals surface area contributed by atoms with E-state index in [2.05, 4.69) is 21.2 Å². The minimum atomic E-state index is -0.215. The topological polar surface area (TPSA) is 58.6 Å². The van der Waals surface area contributed by atoms with Crippen LogP contribution in [0.5, 0.6) is 5.75 Å². The van der Waals surface area contributed by atoms with Gasteiger partial charge in [0.05, 0.1) is 18.8 Å². The van der Waals surface area contributed by atoms with E-state index in [4.69, 9.17) is 4.74 Å². The second-order valence-corrected chi connectivity index (χ2v) is 6.16. The number of ether oxygens (including phenoxy) is 1. The molecule has 0 bridgehead atoms. The van der Waals surface area contributed by atoms with E-state index in [1.54, 1.807) is 19.2 Å². The molecule has 0 aromatic heterocycles. The first-order chi connectivity index (χ1) is 9.60. The lowest BCUT2D eigenvalue weighted by Gasteiger charge is -2.26. The maximum Gasteiger partial charge on any atom is 0.255 e. The molecule has 1 aliphatic rings. The number of rotatable bonds is 4. The summed E-state index contributed by atoms with van der Waals surface area (Å²) in [4.78, 5) is 12.2. The SMILES string of the molecule is COc1cc(Br)ccc1C(=O)NCC1CCCC(O)C1. The molecule has 110 valence electrons. The van der Waals surface area contributed by atoms with Gasteiger partial charge in [-0.05, 0) is 43.4 Å². The Kier molecular flexibility index (Phi) is 5.43. The van der Waals surface area contributed by atoms with Gasteiger partial charge < -0.3 is 15.2 Å². The first kappa shape index (κ1) is 15.3. The minimum Gasteiger partial charge on any atom is -0.496 e. The molecular weight excluding hydrogens is 322 g/mol. The lowest BCUT2D eigenvalue weighted by atomic mass is 9.87. The Hall–Kier alpha value is -1.07. The van der Waals surface area contributed by atoms with Crippen molar-refractivity contribution in [2.75, 3.05) is 13.7 Å². The fourth-order valence-corrected chi connectivity index (χ4v) is 2.97. The molecule has 4 nitrogen and oxygen atoms in total. The molecule has 2 rings (SSSR count). The van der Waals surface area contributed by atoms with Crippen LogP contribution >= 0.6 is 15.9 Å². The van der Waals surface area contributed by atoms with Crippen LogP contribution in [0.3, 0.4) is 0 Å². The highest BCUT2D eigenvalue weighted by Crippen LogP contribution is 2.25. The van der Waals surface area contributed by atoms with Crippen LogP contribution in [0.4, 0.5) is 0 Å². The van der Waals surface area contributed by atoms with Crippen LogP contribution in [-0.2, 0) is 0 Å². The van der Waals surface area contributed by atoms with Crippen LogP contribution < -0.4 is 10.1 Å². The Morgan fingerprint density at radius 2 is 2.30 bits per heavy atom. The number of halogens is 1. The quantitative estimate of drug-likeness (QED) is 0.885. The van der Waals surface area contributed by atoms with Crippen LogP contribution in [0, 0.1) is 5.92 Å². The van der Waals surface area contributed by atoms with Crippen molar-refractivity contribution in [1.29, 1.82) is 0 Å². The Morgan fingerprint density at radius 1 is 1.50 bits per heavy atom. The van der Waals surface area contributed by atoms with E-state index in [1.807, 2.05) is 6.07 Å². The van der Waals surface area contributed by atoms with Crippen molar-refractivity contribution < 1.29 is 14.6 Å². The zero-order chi connectivity index (χ0) is 14.5. The van der Waals surface area contributed by atoms with Gasteiger partial charge in [-0.25, -0.2) is 0 Å². The van der Waals surface area contributed by atoms with Crippen molar-refractivity contribution in [1.82, 2.24) is 5.32 Å². The molecule has 1 amide bonds. The molecule has 2 N–H and O–H groups in total. The van der Waals surface area contributed by atoms with Gasteiger partial charge >= 0.3 is 0 Å². The number of benzene rings is 1. The molecule has 20 heavy (non-hydrogen) atoms. The highest BCUT2D eigenvalue weighted by Gasteiger charge is 2.21. The second-order valence-electron chi connectivity index (χ2n) is 5.24. The maximum atomic E-state index is 12.2. The second kappa shape index (κ2) is 7.09. The summed E-state index contributed by atoms with van der Waals surface area (Å²) >= 11 is 3.35. The van der Waals surface area contributed by atoms with Gasteiger partial charge in [0.25, 0.3) is 5.91 Å². The van der Waals surface area contributed by atoms with Crippen LogP contribution in [0.15, 0.2) is 22.7 Å². The number of nitrogens with one attached hydrogen (secondary N) is 1. The molecule has 0 saturated heterocycles. The van der Waals surface area contributed by atoms with Gasteiger partial charge in [-0.3, -0.25) is 4.79 Å². The summed E-state index contributed by atoms with van der Waals surface area (Å²) < 4.78 is 6.10. The first-order valence-electron chi connectivity index (χ1n) is 6.90. The summed E-state index contributed by atoms with van der Waals surface area (Å²) in [5, 5.41) is 12.6. The maximum absolute atomic E-state index is 12.2. The van der Waals surface area contributed by atoms with Crippen molar-refractivity contribution in [2.45, 2.75) is 31.8 Å². The van der Waals surface area contributed by atoms with E-state index in [1.165, 1.54) is 0 Å². The number of aliphatic hydroxyl groups is 1. The highest BCUT2D eigenvalue weighted by molar-refractivity contribution is 9.10. The third-order valence-electron chi connectivity index (χ3n) is 3.71. The Bertz CT molecular complexity index is 478. The van der Waals surface area contributed by atoms with Crippen LogP contribution in [0.2, 0.25) is 0 Å². The molecule has 0 heterocycles. The molecule has 2 unspecified atom stereocenters. The molecule has 1 saturated carbocycles. The molecule has 1 aromatic carbocycles. The van der Waals surface area contributed by atoms with Crippen LogP contribution in [-0.4, -0.2) is 30.8 Å². The summed E-state index contributed by atoms with van der Waals surface area (Å²) in [6.07, 6.45) is 3.54. The monoisotopic (exact) mass is 341 g/mol. The third-order valence-corrected chi connectivity index (χ3v) is 4.21. The van der Waals surface area contributed by atoms with E-state index < -0.39 is 0 Å². The minimum absolute atomic E-state index is 0.130. The smallest absolute Gasteiger partial charge is 0.255 e. The number of hydrogen-bond donors (Lipinski definition) is 2. The first-order valence-corrected chi connectivity index (χ1v) is 7.69. The number of amides is 1. The normalized spacial score (nSPS) is 22.4. The average molecular weight is 342 g/mol. The summed E-state index contributed by atoms with van der Waals surface area (Å²) in [7, 11) is 1.55. The highest BCUT2D eigenvalue weighted by atomic mass is 79.9. The number of aliphatic hydroxyl groups excluding tert-OH is 1. The van der Waals surface area contributed by atoms with E-state index in [0.717, 1.165) is 30.2 Å². The average Bonchev–Trinajstić information content (AvgIpc) is 2.44. The van der Waals surface area contributed by atoms with Crippen LogP contribution in [0.1, 0.15) is 36.0 Å². The molecule has 2 atom stereocenters. The predicted octanol–water partition coefficient (Wildman–Crippen LogP) is 2.74. The number of methoxy groups -OCH3 is 1. The van der Waals surface area contributed by atoms with Gasteiger partial charge in [-0.15, -0.1) is 0 Å². The zero-order valence-electron chi connectivity index (χ0n) is 11.6. The van der Waals surface area contributed by atoms with Gasteiger partial charge in [0.2, 0.25) is 0 Å².